The summed E-state index contributed by atoms with van der Waals surface area (Å²) in [6.07, 6.45) is 3.28. The molecule has 2 N–H and O–H groups in total. The standard InChI is InChI=1S/C35H46ClN7O2/c1-23(34(2,3)4)38-21-24-11-16-30-29(18-24)39-33(40-31(44)25-12-14-27(36)15-13-25)43(30)28-10-9-17-42(22-28)32(45)26(20-37)19-35(5,6)41(7)8/h11-16,18-19,23,28,38H,9-10,17,21-22H2,1-8H3,(H,39,40,44)/t23-,28?/m0/s1. The zero-order valence-electron chi connectivity index (χ0n) is 27.7. The summed E-state index contributed by atoms with van der Waals surface area (Å²) in [5.41, 5.74) is 2.97. The van der Waals surface area contributed by atoms with Gasteiger partial charge >= 0.3 is 0 Å². The number of nitrogens with zero attached hydrogens (tertiary/aromatic N) is 5. The first kappa shape index (κ1) is 34.2. The normalized spacial score (nSPS) is 17.0. The van der Waals surface area contributed by atoms with Crippen LogP contribution < -0.4 is 10.6 Å². The van der Waals surface area contributed by atoms with Crippen LogP contribution in [-0.4, -0.2) is 69.9 Å². The maximum absolute atomic E-state index is 13.6. The summed E-state index contributed by atoms with van der Waals surface area (Å²) in [7, 11) is 3.84. The Morgan fingerprint density at radius 3 is 2.47 bits per heavy atom. The largest absolute Gasteiger partial charge is 0.336 e. The molecule has 10 heteroatoms. The van der Waals surface area contributed by atoms with E-state index in [1.807, 2.05) is 43.5 Å². The van der Waals surface area contributed by atoms with Crippen LogP contribution in [-0.2, 0) is 11.3 Å². The molecule has 0 bridgehead atoms. The molecule has 0 aliphatic carbocycles. The fourth-order valence-corrected chi connectivity index (χ4v) is 5.33. The number of carbonyl (C=O) groups is 2. The fourth-order valence-electron chi connectivity index (χ4n) is 5.21. The molecule has 2 heterocycles. The highest BCUT2D eigenvalue weighted by atomic mass is 35.5. The quantitative estimate of drug-likeness (QED) is 0.209. The van der Waals surface area contributed by atoms with Crippen molar-refractivity contribution in [2.75, 3.05) is 32.5 Å². The molecule has 2 atom stereocenters. The number of aromatic nitrogens is 2. The van der Waals surface area contributed by atoms with E-state index < -0.39 is 5.54 Å². The maximum Gasteiger partial charge on any atom is 0.264 e. The summed E-state index contributed by atoms with van der Waals surface area (Å²) in [6, 6.07) is 15.2. The van der Waals surface area contributed by atoms with Crippen LogP contribution in [0.5, 0.6) is 0 Å². The number of nitriles is 1. The number of piperidine rings is 1. The van der Waals surface area contributed by atoms with E-state index in [-0.39, 0.29) is 28.8 Å². The van der Waals surface area contributed by atoms with Gasteiger partial charge in [0.05, 0.1) is 17.1 Å². The minimum Gasteiger partial charge on any atom is -0.336 e. The molecule has 240 valence electrons. The van der Waals surface area contributed by atoms with Gasteiger partial charge in [-0.05, 0) is 101 Å². The number of fused-ring (bicyclic) bond motifs is 1. The minimum absolute atomic E-state index is 0.123. The molecule has 1 fully saturated rings. The molecule has 2 amide bonds. The van der Waals surface area contributed by atoms with Gasteiger partial charge in [-0.1, -0.05) is 38.4 Å². The first-order valence-corrected chi connectivity index (χ1v) is 15.9. The monoisotopic (exact) mass is 631 g/mol. The SMILES string of the molecule is C[C@H](NCc1ccc2c(c1)nc(NC(=O)c1ccc(Cl)cc1)n2C1CCCN(C(=O)C(C#N)=CC(C)(C)N(C)C)C1)C(C)(C)C. The molecule has 3 aromatic rings. The predicted molar refractivity (Wildman–Crippen MR) is 181 cm³/mol. The number of nitrogens with one attached hydrogen (secondary N) is 2. The molecule has 1 aromatic heterocycles. The summed E-state index contributed by atoms with van der Waals surface area (Å²) in [4.78, 5) is 35.6. The molecule has 0 saturated carbocycles. The number of hydrogen-bond acceptors (Lipinski definition) is 6. The molecule has 0 radical (unpaired) electrons. The van der Waals surface area contributed by atoms with Crippen LogP contribution >= 0.6 is 11.6 Å². The number of carbonyl (C=O) groups excluding carboxylic acids is 2. The Kier molecular flexibility index (Phi) is 10.4. The Hall–Kier alpha value is -3.71. The molecule has 1 unspecified atom stereocenters. The van der Waals surface area contributed by atoms with Gasteiger partial charge in [0, 0.05) is 41.8 Å². The van der Waals surface area contributed by atoms with Crippen LogP contribution in [0.3, 0.4) is 0 Å². The topological polar surface area (TPSA) is 106 Å². The molecule has 0 spiro atoms. The Morgan fingerprint density at radius 1 is 1.16 bits per heavy atom. The first-order chi connectivity index (χ1) is 21.1. The lowest BCUT2D eigenvalue weighted by Gasteiger charge is -2.35. The molecule has 4 rings (SSSR count). The maximum atomic E-state index is 13.6. The number of rotatable bonds is 9. The molecule has 45 heavy (non-hydrogen) atoms. The first-order valence-electron chi connectivity index (χ1n) is 15.5. The van der Waals surface area contributed by atoms with Crippen LogP contribution in [0, 0.1) is 16.7 Å². The number of hydrogen-bond donors (Lipinski definition) is 2. The van der Waals surface area contributed by atoms with Gasteiger partial charge in [-0.25, -0.2) is 4.98 Å². The van der Waals surface area contributed by atoms with Crippen molar-refractivity contribution >= 4 is 40.4 Å². The third-order valence-corrected chi connectivity index (χ3v) is 9.30. The third kappa shape index (κ3) is 8.12. The summed E-state index contributed by atoms with van der Waals surface area (Å²) < 4.78 is 2.04. The van der Waals surface area contributed by atoms with Gasteiger partial charge in [-0.2, -0.15) is 5.26 Å². The van der Waals surface area contributed by atoms with Gasteiger partial charge in [0.25, 0.3) is 11.8 Å². The lowest BCUT2D eigenvalue weighted by Crippen LogP contribution is -2.43. The van der Waals surface area contributed by atoms with E-state index in [1.165, 1.54) is 0 Å². The van der Waals surface area contributed by atoms with Gasteiger partial charge in [0.2, 0.25) is 5.95 Å². The van der Waals surface area contributed by atoms with Crippen molar-refractivity contribution in [1.29, 1.82) is 5.26 Å². The van der Waals surface area contributed by atoms with E-state index >= 15 is 0 Å². The molecule has 2 aromatic carbocycles. The molecular weight excluding hydrogens is 586 g/mol. The number of amides is 2. The Balaban J connectivity index is 1.68. The Morgan fingerprint density at radius 2 is 1.84 bits per heavy atom. The number of likely N-dealkylation sites (N-methyl/N-ethyl adjacent to an activating group) is 1. The number of likely N-dealkylation sites (tertiary alicyclic amines) is 1. The van der Waals surface area contributed by atoms with Crippen LogP contribution in [0.2, 0.25) is 5.02 Å². The number of anilines is 1. The Bertz CT molecular complexity index is 1610. The number of imidazole rings is 1. The smallest absolute Gasteiger partial charge is 0.264 e. The second kappa shape index (κ2) is 13.7. The number of halogens is 1. The third-order valence-electron chi connectivity index (χ3n) is 9.05. The minimum atomic E-state index is -0.465. The highest BCUT2D eigenvalue weighted by Crippen LogP contribution is 2.32. The zero-order chi connectivity index (χ0) is 33.1. The van der Waals surface area contributed by atoms with Gasteiger partial charge in [-0.15, -0.1) is 0 Å². The second-order valence-electron chi connectivity index (χ2n) is 13.8. The van der Waals surface area contributed by atoms with Gasteiger partial charge in [0.1, 0.15) is 11.6 Å². The molecule has 1 aliphatic rings. The molecule has 1 saturated heterocycles. The average Bonchev–Trinajstić information content (AvgIpc) is 3.34. The van der Waals surface area contributed by atoms with Crippen molar-refractivity contribution in [2.24, 2.45) is 5.41 Å². The highest BCUT2D eigenvalue weighted by molar-refractivity contribution is 6.30. The second-order valence-corrected chi connectivity index (χ2v) is 14.3. The molecular formula is C35H46ClN7O2. The van der Waals surface area contributed by atoms with E-state index in [0.717, 1.165) is 29.4 Å². The van der Waals surface area contributed by atoms with Crippen molar-refractivity contribution in [2.45, 2.75) is 78.6 Å². The van der Waals surface area contributed by atoms with Crippen LogP contribution in [0.15, 0.2) is 54.1 Å². The van der Waals surface area contributed by atoms with Crippen LogP contribution in [0.1, 0.15) is 76.3 Å². The van der Waals surface area contributed by atoms with E-state index in [9.17, 15) is 14.9 Å². The van der Waals surface area contributed by atoms with Gasteiger partial charge < -0.3 is 19.7 Å². The van der Waals surface area contributed by atoms with Crippen molar-refractivity contribution in [3.8, 4) is 6.07 Å². The lowest BCUT2D eigenvalue weighted by atomic mass is 9.88. The van der Waals surface area contributed by atoms with Crippen molar-refractivity contribution < 1.29 is 9.59 Å². The van der Waals surface area contributed by atoms with Gasteiger partial charge in [0.15, 0.2) is 0 Å². The van der Waals surface area contributed by atoms with Crippen molar-refractivity contribution in [1.82, 2.24) is 24.7 Å². The van der Waals surface area contributed by atoms with E-state index in [2.05, 4.69) is 56.5 Å². The predicted octanol–water partition coefficient (Wildman–Crippen LogP) is 6.42. The summed E-state index contributed by atoms with van der Waals surface area (Å²) in [5.74, 6) is -0.162. The van der Waals surface area contributed by atoms with Crippen molar-refractivity contribution in [3.05, 3.63) is 70.3 Å². The Labute approximate surface area is 272 Å². The molecule has 9 nitrogen and oxygen atoms in total. The number of benzene rings is 2. The summed E-state index contributed by atoms with van der Waals surface area (Å²) in [6.45, 7) is 14.4. The molecule has 1 aliphatic heterocycles. The lowest BCUT2D eigenvalue weighted by molar-refractivity contribution is -0.128. The van der Waals surface area contributed by atoms with E-state index in [0.29, 0.717) is 42.2 Å². The van der Waals surface area contributed by atoms with Crippen LogP contribution in [0.4, 0.5) is 5.95 Å². The van der Waals surface area contributed by atoms with E-state index in [4.69, 9.17) is 16.6 Å². The van der Waals surface area contributed by atoms with Crippen molar-refractivity contribution in [3.63, 3.8) is 0 Å². The average molecular weight is 632 g/mol. The van der Waals surface area contributed by atoms with E-state index in [1.54, 1.807) is 35.2 Å². The van der Waals surface area contributed by atoms with Crippen LogP contribution in [0.25, 0.3) is 11.0 Å². The van der Waals surface area contributed by atoms with Gasteiger partial charge in [-0.3, -0.25) is 14.9 Å². The highest BCUT2D eigenvalue weighted by Gasteiger charge is 2.31. The summed E-state index contributed by atoms with van der Waals surface area (Å²) in [5, 5.41) is 17.1. The zero-order valence-corrected chi connectivity index (χ0v) is 28.5. The fraction of sp³-hybridized carbons (Fsp3) is 0.486. The summed E-state index contributed by atoms with van der Waals surface area (Å²) >= 11 is 6.05.